The molecule has 1 aliphatic heterocycles. The van der Waals surface area contributed by atoms with Crippen LogP contribution >= 0.6 is 0 Å². The second-order valence-electron chi connectivity index (χ2n) is 8.46. The fourth-order valence-corrected chi connectivity index (χ4v) is 3.91. The van der Waals surface area contributed by atoms with Crippen molar-refractivity contribution in [1.29, 1.82) is 0 Å². The molecule has 0 aliphatic carbocycles. The molecule has 2 aromatic rings. The number of alkyl carbamates (subject to hydrolysis) is 1. The maximum Gasteiger partial charge on any atom is 0.408 e. The molecule has 2 N–H and O–H groups in total. The van der Waals surface area contributed by atoms with Crippen molar-refractivity contribution in [3.63, 3.8) is 0 Å². The molecule has 0 unspecified atom stereocenters. The lowest BCUT2D eigenvalue weighted by Gasteiger charge is -2.42. The minimum atomic E-state index is -0.555. The summed E-state index contributed by atoms with van der Waals surface area (Å²) >= 11 is 0. The third-order valence-corrected chi connectivity index (χ3v) is 4.89. The van der Waals surface area contributed by atoms with Crippen LogP contribution in [0.4, 0.5) is 4.79 Å². The van der Waals surface area contributed by atoms with Crippen molar-refractivity contribution >= 4 is 23.1 Å². The topological polar surface area (TPSA) is 63.2 Å². The Morgan fingerprint density at radius 2 is 2.19 bits per heavy atom. The van der Waals surface area contributed by atoms with E-state index in [1.54, 1.807) is 6.20 Å². The Morgan fingerprint density at radius 1 is 1.41 bits per heavy atom. The van der Waals surface area contributed by atoms with Crippen LogP contribution in [0.5, 0.6) is 0 Å². The molecule has 1 aromatic carbocycles. The van der Waals surface area contributed by atoms with Crippen molar-refractivity contribution in [3.05, 3.63) is 48.2 Å². The van der Waals surface area contributed by atoms with Gasteiger partial charge in [-0.2, -0.15) is 0 Å². The van der Waals surface area contributed by atoms with Crippen LogP contribution in [-0.2, 0) is 10.3 Å². The molecule has 2 heterocycles. The summed E-state index contributed by atoms with van der Waals surface area (Å²) in [7, 11) is 0. The van der Waals surface area contributed by atoms with Gasteiger partial charge >= 0.3 is 6.09 Å². The molecule has 0 radical (unpaired) electrons. The maximum absolute atomic E-state index is 12.7. The summed E-state index contributed by atoms with van der Waals surface area (Å²) in [5.74, 6) is 0.416. The number of nitrogens with one attached hydrogen (secondary N) is 2. The number of carbonyl (C=O) groups excluding carboxylic acids is 1. The van der Waals surface area contributed by atoms with Crippen LogP contribution in [-0.4, -0.2) is 29.8 Å². The quantitative estimate of drug-likeness (QED) is 0.852. The average Bonchev–Trinajstić information content (AvgIpc) is 2.59. The highest BCUT2D eigenvalue weighted by Gasteiger charge is 2.40. The first-order valence-corrected chi connectivity index (χ1v) is 9.47. The molecule has 1 saturated heterocycles. The number of aromatic nitrogens is 1. The van der Waals surface area contributed by atoms with Gasteiger partial charge in [0.05, 0.1) is 11.1 Å². The predicted octanol–water partition coefficient (Wildman–Crippen LogP) is 4.23. The molecule has 1 fully saturated rings. The van der Waals surface area contributed by atoms with Gasteiger partial charge in [-0.15, -0.1) is 0 Å². The SMILES string of the molecule is C=Cc1ccc([C@@]2(NC(=O)OC(C)(C)C)CNC[C@@H](C)C2)c2cccnc12. The van der Waals surface area contributed by atoms with Crippen molar-refractivity contribution in [1.82, 2.24) is 15.6 Å². The summed E-state index contributed by atoms with van der Waals surface area (Å²) in [6.07, 6.45) is 4.03. The van der Waals surface area contributed by atoms with Crippen LogP contribution in [0, 0.1) is 5.92 Å². The summed E-state index contributed by atoms with van der Waals surface area (Å²) in [5.41, 5.74) is 1.84. The van der Waals surface area contributed by atoms with E-state index in [9.17, 15) is 4.79 Å². The van der Waals surface area contributed by atoms with Crippen LogP contribution in [0.15, 0.2) is 37.0 Å². The van der Waals surface area contributed by atoms with E-state index in [1.165, 1.54) is 0 Å². The third kappa shape index (κ3) is 4.14. The van der Waals surface area contributed by atoms with Gasteiger partial charge in [-0.25, -0.2) is 4.79 Å². The summed E-state index contributed by atoms with van der Waals surface area (Å²) in [6, 6.07) is 8.09. The van der Waals surface area contributed by atoms with Crippen molar-refractivity contribution in [2.45, 2.75) is 45.3 Å². The number of piperidine rings is 1. The number of hydrogen-bond donors (Lipinski definition) is 2. The Labute approximate surface area is 161 Å². The van der Waals surface area contributed by atoms with Crippen molar-refractivity contribution in [2.24, 2.45) is 5.92 Å². The standard InChI is InChI=1S/C22H29N3O2/c1-6-16-9-10-18(17-8-7-11-24-19(16)17)22(12-15(2)13-23-14-22)25-20(26)27-21(3,4)5/h6-11,15,23H,1,12-14H2,2-5H3,(H,25,26)/t15-,22-/m0/s1. The molecule has 144 valence electrons. The summed E-state index contributed by atoms with van der Waals surface area (Å²) in [5, 5.41) is 7.69. The third-order valence-electron chi connectivity index (χ3n) is 4.89. The van der Waals surface area contributed by atoms with Crippen LogP contribution < -0.4 is 10.6 Å². The van der Waals surface area contributed by atoms with E-state index in [0.29, 0.717) is 12.5 Å². The highest BCUT2D eigenvalue weighted by Crippen LogP contribution is 2.36. The number of fused-ring (bicyclic) bond motifs is 1. The van der Waals surface area contributed by atoms with E-state index in [4.69, 9.17) is 4.74 Å². The van der Waals surface area contributed by atoms with Crippen molar-refractivity contribution < 1.29 is 9.53 Å². The van der Waals surface area contributed by atoms with E-state index in [0.717, 1.165) is 35.0 Å². The highest BCUT2D eigenvalue weighted by molar-refractivity contribution is 5.90. The van der Waals surface area contributed by atoms with Gasteiger partial charge in [-0.3, -0.25) is 4.98 Å². The van der Waals surface area contributed by atoms with E-state index in [2.05, 4.69) is 41.3 Å². The predicted molar refractivity (Wildman–Crippen MR) is 110 cm³/mol. The van der Waals surface area contributed by atoms with Gasteiger partial charge in [0.1, 0.15) is 5.60 Å². The lowest BCUT2D eigenvalue weighted by molar-refractivity contribution is 0.0416. The van der Waals surface area contributed by atoms with E-state index < -0.39 is 17.2 Å². The zero-order chi connectivity index (χ0) is 19.7. The first kappa shape index (κ1) is 19.4. The summed E-state index contributed by atoms with van der Waals surface area (Å²) in [6.45, 7) is 13.3. The molecule has 3 rings (SSSR count). The summed E-state index contributed by atoms with van der Waals surface area (Å²) in [4.78, 5) is 17.2. The Hall–Kier alpha value is -2.40. The molecule has 1 amide bonds. The molecule has 0 spiro atoms. The molecular weight excluding hydrogens is 338 g/mol. The zero-order valence-corrected chi connectivity index (χ0v) is 16.6. The smallest absolute Gasteiger partial charge is 0.408 e. The van der Waals surface area contributed by atoms with Crippen LogP contribution in [0.1, 0.15) is 45.2 Å². The van der Waals surface area contributed by atoms with Crippen LogP contribution in [0.3, 0.4) is 0 Å². The first-order chi connectivity index (χ1) is 12.7. The maximum atomic E-state index is 12.7. The number of pyridine rings is 1. The van der Waals surface area contributed by atoms with Crippen LogP contribution in [0.2, 0.25) is 0 Å². The van der Waals surface area contributed by atoms with Gasteiger partial charge in [0.25, 0.3) is 0 Å². The second-order valence-corrected chi connectivity index (χ2v) is 8.46. The van der Waals surface area contributed by atoms with Gasteiger partial charge < -0.3 is 15.4 Å². The van der Waals surface area contributed by atoms with Crippen molar-refractivity contribution in [3.8, 4) is 0 Å². The Morgan fingerprint density at radius 3 is 2.85 bits per heavy atom. The fourth-order valence-electron chi connectivity index (χ4n) is 3.91. The molecule has 1 aromatic heterocycles. The lowest BCUT2D eigenvalue weighted by atomic mass is 9.77. The van der Waals surface area contributed by atoms with Gasteiger partial charge in [0.2, 0.25) is 0 Å². The zero-order valence-electron chi connectivity index (χ0n) is 16.6. The van der Waals surface area contributed by atoms with Gasteiger partial charge in [0.15, 0.2) is 0 Å². The van der Waals surface area contributed by atoms with Gasteiger partial charge in [0, 0.05) is 23.7 Å². The minimum Gasteiger partial charge on any atom is -0.444 e. The molecule has 2 atom stereocenters. The van der Waals surface area contributed by atoms with Crippen LogP contribution in [0.25, 0.3) is 17.0 Å². The average molecular weight is 367 g/mol. The Balaban J connectivity index is 2.10. The largest absolute Gasteiger partial charge is 0.444 e. The van der Waals surface area contributed by atoms with E-state index in [-0.39, 0.29) is 0 Å². The second kappa shape index (κ2) is 7.31. The molecule has 0 saturated carbocycles. The number of nitrogens with zero attached hydrogens (tertiary/aromatic N) is 1. The normalized spacial score (nSPS) is 23.0. The monoisotopic (exact) mass is 367 g/mol. The highest BCUT2D eigenvalue weighted by atomic mass is 16.6. The molecule has 5 nitrogen and oxygen atoms in total. The number of hydrogen-bond acceptors (Lipinski definition) is 4. The fraction of sp³-hybridized carbons (Fsp3) is 0.455. The van der Waals surface area contributed by atoms with Gasteiger partial charge in [-0.05, 0) is 51.3 Å². The Bertz CT molecular complexity index is 856. The van der Waals surface area contributed by atoms with E-state index in [1.807, 2.05) is 39.0 Å². The van der Waals surface area contributed by atoms with Crippen molar-refractivity contribution in [2.75, 3.05) is 13.1 Å². The van der Waals surface area contributed by atoms with E-state index >= 15 is 0 Å². The molecule has 27 heavy (non-hydrogen) atoms. The molecular formula is C22H29N3O2. The molecule has 1 aliphatic rings. The number of ether oxygens (including phenoxy) is 1. The number of carbonyl (C=O) groups is 1. The number of rotatable bonds is 3. The molecule has 0 bridgehead atoms. The lowest BCUT2D eigenvalue weighted by Crippen LogP contribution is -2.58. The first-order valence-electron chi connectivity index (χ1n) is 9.47. The minimum absolute atomic E-state index is 0.400. The summed E-state index contributed by atoms with van der Waals surface area (Å²) < 4.78 is 5.57. The molecule has 5 heteroatoms. The van der Waals surface area contributed by atoms with Gasteiger partial charge in [-0.1, -0.05) is 37.8 Å². The number of amides is 1. The number of benzene rings is 1. The Kier molecular flexibility index (Phi) is 5.24.